The molecule has 0 bridgehead atoms. The molecule has 0 aliphatic rings. The highest BCUT2D eigenvalue weighted by Crippen LogP contribution is 2.16. The summed E-state index contributed by atoms with van der Waals surface area (Å²) in [6, 6.07) is 16.6. The molecule has 2 rings (SSSR count). The van der Waals surface area contributed by atoms with Crippen LogP contribution in [0.1, 0.15) is 0 Å². The summed E-state index contributed by atoms with van der Waals surface area (Å²) in [7, 11) is 0.355. The molecule has 0 saturated heterocycles. The van der Waals surface area contributed by atoms with Crippen molar-refractivity contribution in [3.05, 3.63) is 54.6 Å². The van der Waals surface area contributed by atoms with E-state index in [0.717, 1.165) is 16.3 Å². The highest BCUT2D eigenvalue weighted by Gasteiger charge is 2.03. The Kier molecular flexibility index (Phi) is 3.77. The smallest absolute Gasteiger partial charge is 0.150 e. The normalized spacial score (nSPS) is 11.8. The van der Waals surface area contributed by atoms with Crippen LogP contribution < -0.4 is 9.46 Å². The third-order valence-electron chi connectivity index (χ3n) is 2.26. The molecular formula is C13H13NO2S. The van der Waals surface area contributed by atoms with Gasteiger partial charge in [-0.05, 0) is 36.4 Å². The number of para-hydroxylation sites is 1. The largest absolute Gasteiger partial charge is 0.497 e. The predicted molar refractivity (Wildman–Crippen MR) is 69.5 cm³/mol. The number of hydrogen-bond donors (Lipinski definition) is 1. The standard InChI is InChI=1S/C13H13NO2S/c1-16-12-7-9-13(10-8-12)17(15)14-11-5-3-2-4-6-11/h2-10,14H,1H3. The lowest BCUT2D eigenvalue weighted by Crippen LogP contribution is -2.04. The van der Waals surface area contributed by atoms with Gasteiger partial charge in [0.15, 0.2) is 0 Å². The average molecular weight is 247 g/mol. The van der Waals surface area contributed by atoms with Crippen LogP contribution >= 0.6 is 0 Å². The molecule has 0 radical (unpaired) electrons. The monoisotopic (exact) mass is 247 g/mol. The van der Waals surface area contributed by atoms with Crippen molar-refractivity contribution in [1.82, 2.24) is 0 Å². The molecule has 0 saturated carbocycles. The van der Waals surface area contributed by atoms with E-state index in [9.17, 15) is 4.21 Å². The SMILES string of the molecule is COc1ccc(S(=O)Nc2ccccc2)cc1. The van der Waals surface area contributed by atoms with Gasteiger partial charge in [0.2, 0.25) is 0 Å². The number of ether oxygens (including phenoxy) is 1. The second-order valence-corrected chi connectivity index (χ2v) is 4.63. The van der Waals surface area contributed by atoms with E-state index in [0.29, 0.717) is 0 Å². The minimum Gasteiger partial charge on any atom is -0.497 e. The Labute approximate surface area is 103 Å². The molecule has 2 aromatic rings. The van der Waals surface area contributed by atoms with Gasteiger partial charge in [0.1, 0.15) is 16.7 Å². The van der Waals surface area contributed by atoms with Crippen LogP contribution in [-0.4, -0.2) is 11.3 Å². The molecule has 0 spiro atoms. The Morgan fingerprint density at radius 2 is 1.65 bits per heavy atom. The Morgan fingerprint density at radius 3 is 2.24 bits per heavy atom. The third-order valence-corrected chi connectivity index (χ3v) is 3.38. The number of benzene rings is 2. The minimum atomic E-state index is -1.25. The van der Waals surface area contributed by atoms with Crippen LogP contribution in [0.2, 0.25) is 0 Å². The molecule has 4 heteroatoms. The van der Waals surface area contributed by atoms with Crippen molar-refractivity contribution < 1.29 is 8.95 Å². The second-order valence-electron chi connectivity index (χ2n) is 3.41. The molecular weight excluding hydrogens is 234 g/mol. The number of anilines is 1. The fourth-order valence-electron chi connectivity index (χ4n) is 1.37. The van der Waals surface area contributed by atoms with Crippen LogP contribution in [0, 0.1) is 0 Å². The van der Waals surface area contributed by atoms with Gasteiger partial charge < -0.3 is 9.46 Å². The van der Waals surface area contributed by atoms with Crippen LogP contribution in [0.25, 0.3) is 0 Å². The summed E-state index contributed by atoms with van der Waals surface area (Å²) in [6.45, 7) is 0. The van der Waals surface area contributed by atoms with E-state index in [4.69, 9.17) is 4.74 Å². The molecule has 0 aliphatic carbocycles. The minimum absolute atomic E-state index is 0.717. The summed E-state index contributed by atoms with van der Waals surface area (Å²) in [5.41, 5.74) is 0.835. The van der Waals surface area contributed by atoms with Gasteiger partial charge in [0.05, 0.1) is 12.0 Å². The first-order valence-electron chi connectivity index (χ1n) is 5.17. The van der Waals surface area contributed by atoms with Gasteiger partial charge in [-0.3, -0.25) is 0 Å². The summed E-state index contributed by atoms with van der Waals surface area (Å²) in [4.78, 5) is 0.717. The van der Waals surface area contributed by atoms with E-state index in [1.54, 1.807) is 31.4 Å². The molecule has 0 heterocycles. The van der Waals surface area contributed by atoms with Gasteiger partial charge in [0.25, 0.3) is 0 Å². The van der Waals surface area contributed by atoms with Crippen molar-refractivity contribution >= 4 is 16.7 Å². The van der Waals surface area contributed by atoms with E-state index in [-0.39, 0.29) is 0 Å². The van der Waals surface area contributed by atoms with Crippen molar-refractivity contribution in [2.45, 2.75) is 4.90 Å². The fraction of sp³-hybridized carbons (Fsp3) is 0.0769. The topological polar surface area (TPSA) is 38.3 Å². The quantitative estimate of drug-likeness (QED) is 0.902. The van der Waals surface area contributed by atoms with Gasteiger partial charge >= 0.3 is 0 Å². The molecule has 0 fully saturated rings. The van der Waals surface area contributed by atoms with E-state index in [1.807, 2.05) is 30.3 Å². The van der Waals surface area contributed by atoms with Gasteiger partial charge in [-0.1, -0.05) is 18.2 Å². The fourth-order valence-corrected chi connectivity index (χ4v) is 2.22. The van der Waals surface area contributed by atoms with Crippen LogP contribution in [0.5, 0.6) is 5.75 Å². The van der Waals surface area contributed by atoms with Gasteiger partial charge in [0, 0.05) is 5.69 Å². The summed E-state index contributed by atoms with van der Waals surface area (Å²) in [5.74, 6) is 0.755. The third kappa shape index (κ3) is 3.07. The van der Waals surface area contributed by atoms with E-state index >= 15 is 0 Å². The van der Waals surface area contributed by atoms with Crippen molar-refractivity contribution in [2.75, 3.05) is 11.8 Å². The molecule has 3 nitrogen and oxygen atoms in total. The summed E-state index contributed by atoms with van der Waals surface area (Å²) in [6.07, 6.45) is 0. The van der Waals surface area contributed by atoms with Crippen LogP contribution in [0.4, 0.5) is 5.69 Å². The van der Waals surface area contributed by atoms with Crippen LogP contribution in [0.3, 0.4) is 0 Å². The van der Waals surface area contributed by atoms with Crippen molar-refractivity contribution in [3.63, 3.8) is 0 Å². The first-order valence-corrected chi connectivity index (χ1v) is 6.32. The second kappa shape index (κ2) is 5.50. The first-order chi connectivity index (χ1) is 8.29. The Hall–Kier alpha value is -1.81. The molecule has 1 atom stereocenters. The van der Waals surface area contributed by atoms with Crippen molar-refractivity contribution in [3.8, 4) is 5.75 Å². The molecule has 0 amide bonds. The summed E-state index contributed by atoms with van der Waals surface area (Å²) >= 11 is 0. The number of methoxy groups -OCH3 is 1. The molecule has 0 aromatic heterocycles. The lowest BCUT2D eigenvalue weighted by Gasteiger charge is -2.06. The van der Waals surface area contributed by atoms with E-state index in [2.05, 4.69) is 4.72 Å². The molecule has 1 unspecified atom stereocenters. The highest BCUT2D eigenvalue weighted by atomic mass is 32.2. The molecule has 0 aliphatic heterocycles. The van der Waals surface area contributed by atoms with E-state index < -0.39 is 11.0 Å². The molecule has 2 aromatic carbocycles. The zero-order chi connectivity index (χ0) is 12.1. The lowest BCUT2D eigenvalue weighted by molar-refractivity contribution is 0.414. The molecule has 17 heavy (non-hydrogen) atoms. The maximum Gasteiger partial charge on any atom is 0.150 e. The average Bonchev–Trinajstić information content (AvgIpc) is 2.40. The highest BCUT2D eigenvalue weighted by molar-refractivity contribution is 7.86. The van der Waals surface area contributed by atoms with E-state index in [1.165, 1.54) is 0 Å². The number of hydrogen-bond acceptors (Lipinski definition) is 2. The zero-order valence-corrected chi connectivity index (χ0v) is 10.2. The van der Waals surface area contributed by atoms with Gasteiger partial charge in [-0.15, -0.1) is 0 Å². The molecule has 88 valence electrons. The maximum atomic E-state index is 12.0. The maximum absolute atomic E-state index is 12.0. The van der Waals surface area contributed by atoms with Crippen molar-refractivity contribution in [1.29, 1.82) is 0 Å². The van der Waals surface area contributed by atoms with Crippen LogP contribution in [-0.2, 0) is 11.0 Å². The van der Waals surface area contributed by atoms with Crippen molar-refractivity contribution in [2.24, 2.45) is 0 Å². The number of rotatable bonds is 4. The predicted octanol–water partition coefficient (Wildman–Crippen LogP) is 2.83. The number of nitrogens with one attached hydrogen (secondary N) is 1. The lowest BCUT2D eigenvalue weighted by atomic mass is 10.3. The summed E-state index contributed by atoms with van der Waals surface area (Å²) < 4.78 is 19.9. The van der Waals surface area contributed by atoms with Gasteiger partial charge in [-0.25, -0.2) is 4.21 Å². The molecule has 1 N–H and O–H groups in total. The van der Waals surface area contributed by atoms with Gasteiger partial charge in [-0.2, -0.15) is 0 Å². The van der Waals surface area contributed by atoms with Crippen LogP contribution in [0.15, 0.2) is 59.5 Å². The Morgan fingerprint density at radius 1 is 1.00 bits per heavy atom. The summed E-state index contributed by atoms with van der Waals surface area (Å²) in [5, 5.41) is 0. The Bertz CT molecular complexity index is 497. The zero-order valence-electron chi connectivity index (χ0n) is 9.42. The first kappa shape index (κ1) is 11.7. The Balaban J connectivity index is 2.09.